The van der Waals surface area contributed by atoms with Gasteiger partial charge in [-0.2, -0.15) is 0 Å². The van der Waals surface area contributed by atoms with E-state index in [4.69, 9.17) is 11.6 Å². The van der Waals surface area contributed by atoms with Crippen molar-refractivity contribution in [2.24, 2.45) is 0 Å². The van der Waals surface area contributed by atoms with Crippen molar-refractivity contribution < 1.29 is 13.2 Å². The van der Waals surface area contributed by atoms with E-state index in [-0.39, 0.29) is 11.4 Å². The Hall–Kier alpha value is -2.83. The Bertz CT molecular complexity index is 1110. The zero-order valence-corrected chi connectivity index (χ0v) is 17.7. The van der Waals surface area contributed by atoms with Crippen LogP contribution in [0.2, 0.25) is 5.02 Å². The fraction of sp³-hybridized carbons (Fsp3) is 0.136. The standard InChI is InChI=1S/C22H21ClN2O3S/c1-16-8-13-21(17(2)14-16)24-22(26)15-25(19-11-9-18(23)10-12-19)29(27,28)20-6-4-3-5-7-20/h3-14H,15H2,1-2H3,(H,24,26). The van der Waals surface area contributed by atoms with E-state index < -0.39 is 15.9 Å². The van der Waals surface area contributed by atoms with Crippen molar-refractivity contribution >= 4 is 38.9 Å². The van der Waals surface area contributed by atoms with Crippen molar-refractivity contribution in [3.05, 3.63) is 88.9 Å². The Morgan fingerprint density at radius 2 is 1.62 bits per heavy atom. The summed E-state index contributed by atoms with van der Waals surface area (Å²) >= 11 is 5.94. The third-order valence-electron chi connectivity index (χ3n) is 4.39. The van der Waals surface area contributed by atoms with Gasteiger partial charge < -0.3 is 5.32 Å². The van der Waals surface area contributed by atoms with E-state index in [1.165, 1.54) is 12.1 Å². The first-order chi connectivity index (χ1) is 13.8. The summed E-state index contributed by atoms with van der Waals surface area (Å²) in [5.41, 5.74) is 2.99. The Morgan fingerprint density at radius 3 is 2.24 bits per heavy atom. The number of rotatable bonds is 6. The summed E-state index contributed by atoms with van der Waals surface area (Å²) in [5.74, 6) is -0.439. The van der Waals surface area contributed by atoms with Gasteiger partial charge in [0.25, 0.3) is 10.0 Å². The monoisotopic (exact) mass is 428 g/mol. The van der Waals surface area contributed by atoms with Crippen LogP contribution in [0, 0.1) is 13.8 Å². The zero-order chi connectivity index (χ0) is 21.0. The number of benzene rings is 3. The van der Waals surface area contributed by atoms with Gasteiger partial charge in [0.05, 0.1) is 10.6 Å². The molecule has 0 atom stereocenters. The fourth-order valence-corrected chi connectivity index (χ4v) is 4.48. The highest BCUT2D eigenvalue weighted by atomic mass is 35.5. The molecular weight excluding hydrogens is 408 g/mol. The van der Waals surface area contributed by atoms with Crippen molar-refractivity contribution in [1.29, 1.82) is 0 Å². The maximum absolute atomic E-state index is 13.2. The smallest absolute Gasteiger partial charge is 0.264 e. The lowest BCUT2D eigenvalue weighted by Crippen LogP contribution is -2.38. The van der Waals surface area contributed by atoms with Gasteiger partial charge in [-0.1, -0.05) is 47.5 Å². The van der Waals surface area contributed by atoms with E-state index in [0.29, 0.717) is 16.4 Å². The molecule has 0 aliphatic heterocycles. The van der Waals surface area contributed by atoms with E-state index in [0.717, 1.165) is 15.4 Å². The largest absolute Gasteiger partial charge is 0.324 e. The minimum absolute atomic E-state index is 0.106. The summed E-state index contributed by atoms with van der Waals surface area (Å²) in [6.45, 7) is 3.49. The van der Waals surface area contributed by atoms with Crippen LogP contribution in [-0.2, 0) is 14.8 Å². The minimum Gasteiger partial charge on any atom is -0.324 e. The second kappa shape index (κ2) is 8.68. The molecule has 1 amide bonds. The van der Waals surface area contributed by atoms with E-state index in [1.807, 2.05) is 26.0 Å². The molecule has 0 aromatic heterocycles. The van der Waals surface area contributed by atoms with Gasteiger partial charge >= 0.3 is 0 Å². The first kappa shape index (κ1) is 20.9. The molecule has 3 aromatic rings. The van der Waals surface area contributed by atoms with Crippen LogP contribution < -0.4 is 9.62 Å². The predicted molar refractivity (Wildman–Crippen MR) is 117 cm³/mol. The maximum Gasteiger partial charge on any atom is 0.264 e. The molecule has 0 bridgehead atoms. The number of amides is 1. The van der Waals surface area contributed by atoms with Crippen molar-refractivity contribution in [2.45, 2.75) is 18.7 Å². The molecule has 150 valence electrons. The second-order valence-corrected chi connectivity index (χ2v) is 8.97. The van der Waals surface area contributed by atoms with Gasteiger partial charge in [-0.3, -0.25) is 9.10 Å². The third-order valence-corrected chi connectivity index (χ3v) is 6.43. The van der Waals surface area contributed by atoms with Crippen LogP contribution in [-0.4, -0.2) is 20.9 Å². The Kier molecular flexibility index (Phi) is 6.25. The molecule has 7 heteroatoms. The number of halogens is 1. The first-order valence-corrected chi connectivity index (χ1v) is 10.8. The molecule has 3 aromatic carbocycles. The van der Waals surface area contributed by atoms with E-state index in [9.17, 15) is 13.2 Å². The van der Waals surface area contributed by atoms with Crippen LogP contribution in [0.4, 0.5) is 11.4 Å². The molecule has 0 aliphatic carbocycles. The highest BCUT2D eigenvalue weighted by Gasteiger charge is 2.27. The van der Waals surface area contributed by atoms with Crippen molar-refractivity contribution in [3.63, 3.8) is 0 Å². The highest BCUT2D eigenvalue weighted by Crippen LogP contribution is 2.25. The number of nitrogens with one attached hydrogen (secondary N) is 1. The lowest BCUT2D eigenvalue weighted by Gasteiger charge is -2.24. The summed E-state index contributed by atoms with van der Waals surface area (Å²) in [7, 11) is -3.94. The maximum atomic E-state index is 13.2. The van der Waals surface area contributed by atoms with Crippen molar-refractivity contribution in [3.8, 4) is 0 Å². The quantitative estimate of drug-likeness (QED) is 0.613. The molecule has 0 spiro atoms. The summed E-state index contributed by atoms with van der Waals surface area (Å²) in [6.07, 6.45) is 0. The van der Waals surface area contributed by atoms with Crippen LogP contribution in [0.1, 0.15) is 11.1 Å². The Balaban J connectivity index is 1.93. The Morgan fingerprint density at radius 1 is 0.966 bits per heavy atom. The molecule has 5 nitrogen and oxygen atoms in total. The van der Waals surface area contributed by atoms with Gasteiger partial charge in [0.2, 0.25) is 5.91 Å². The molecule has 29 heavy (non-hydrogen) atoms. The van der Waals surface area contributed by atoms with Gasteiger partial charge in [-0.25, -0.2) is 8.42 Å². The molecule has 3 rings (SSSR count). The van der Waals surface area contributed by atoms with Gasteiger partial charge in [0, 0.05) is 10.7 Å². The number of nitrogens with zero attached hydrogens (tertiary/aromatic N) is 1. The zero-order valence-electron chi connectivity index (χ0n) is 16.1. The normalized spacial score (nSPS) is 11.1. The predicted octanol–water partition coefficient (Wildman–Crippen LogP) is 4.79. The molecule has 0 saturated carbocycles. The number of carbonyl (C=O) groups excluding carboxylic acids is 1. The molecule has 0 saturated heterocycles. The van der Waals surface area contributed by atoms with E-state index in [2.05, 4.69) is 5.32 Å². The molecule has 0 heterocycles. The van der Waals surface area contributed by atoms with Crippen molar-refractivity contribution in [2.75, 3.05) is 16.2 Å². The number of aryl methyl sites for hydroxylation is 2. The van der Waals surface area contributed by atoms with Crippen LogP contribution in [0.15, 0.2) is 77.7 Å². The van der Waals surface area contributed by atoms with Gasteiger partial charge in [-0.15, -0.1) is 0 Å². The molecule has 0 radical (unpaired) electrons. The van der Waals surface area contributed by atoms with Crippen LogP contribution >= 0.6 is 11.6 Å². The van der Waals surface area contributed by atoms with Gasteiger partial charge in [-0.05, 0) is 61.9 Å². The SMILES string of the molecule is Cc1ccc(NC(=O)CN(c2ccc(Cl)cc2)S(=O)(=O)c2ccccc2)c(C)c1. The second-order valence-electron chi connectivity index (χ2n) is 6.67. The minimum atomic E-state index is -3.94. The average Bonchev–Trinajstić information content (AvgIpc) is 2.70. The number of hydrogen-bond acceptors (Lipinski definition) is 3. The fourth-order valence-electron chi connectivity index (χ4n) is 2.92. The molecular formula is C22H21ClN2O3S. The van der Waals surface area contributed by atoms with E-state index >= 15 is 0 Å². The molecule has 0 aliphatic rings. The number of hydrogen-bond donors (Lipinski definition) is 1. The summed E-state index contributed by atoms with van der Waals surface area (Å²) < 4.78 is 27.5. The summed E-state index contributed by atoms with van der Waals surface area (Å²) in [5, 5.41) is 3.28. The first-order valence-electron chi connectivity index (χ1n) is 8.98. The van der Waals surface area contributed by atoms with Gasteiger partial charge in [0.1, 0.15) is 6.54 Å². The van der Waals surface area contributed by atoms with Crippen LogP contribution in [0.25, 0.3) is 0 Å². The third kappa shape index (κ3) is 4.96. The number of sulfonamides is 1. The van der Waals surface area contributed by atoms with Gasteiger partial charge in [0.15, 0.2) is 0 Å². The molecule has 1 N–H and O–H groups in total. The van der Waals surface area contributed by atoms with Crippen LogP contribution in [0.3, 0.4) is 0 Å². The molecule has 0 fully saturated rings. The van der Waals surface area contributed by atoms with Crippen LogP contribution in [0.5, 0.6) is 0 Å². The highest BCUT2D eigenvalue weighted by molar-refractivity contribution is 7.92. The number of anilines is 2. The summed E-state index contributed by atoms with van der Waals surface area (Å²) in [4.78, 5) is 12.8. The topological polar surface area (TPSA) is 66.5 Å². The lowest BCUT2D eigenvalue weighted by atomic mass is 10.1. The van der Waals surface area contributed by atoms with E-state index in [1.54, 1.807) is 48.5 Å². The average molecular weight is 429 g/mol. The molecule has 0 unspecified atom stereocenters. The Labute approximate surface area is 176 Å². The summed E-state index contributed by atoms with van der Waals surface area (Å²) in [6, 6.07) is 20.0. The van der Waals surface area contributed by atoms with Crippen molar-refractivity contribution in [1.82, 2.24) is 0 Å². The lowest BCUT2D eigenvalue weighted by molar-refractivity contribution is -0.114. The number of carbonyl (C=O) groups is 1.